The Hall–Kier alpha value is -2.21. The van der Waals surface area contributed by atoms with Crippen molar-refractivity contribution in [3.8, 4) is 0 Å². The largest absolute Gasteiger partial charge is 0.354 e. The van der Waals surface area contributed by atoms with Crippen LogP contribution in [0, 0.1) is 5.92 Å². The number of nitrogens with one attached hydrogen (secondary N) is 1. The number of hydrogen-bond donors (Lipinski definition) is 2. The number of hydrogen-bond acceptors (Lipinski definition) is 4. The van der Waals surface area contributed by atoms with Gasteiger partial charge < -0.3 is 11.1 Å². The van der Waals surface area contributed by atoms with E-state index in [1.54, 1.807) is 17.1 Å². The average molecular weight is 273 g/mol. The first kappa shape index (κ1) is 14.2. The molecule has 0 bridgehead atoms. The van der Waals surface area contributed by atoms with Gasteiger partial charge in [0.2, 0.25) is 5.91 Å². The first-order valence-electron chi connectivity index (χ1n) is 6.61. The minimum absolute atomic E-state index is 0.0542. The van der Waals surface area contributed by atoms with Gasteiger partial charge in [0.25, 0.3) is 0 Å². The predicted octanol–water partition coefficient (Wildman–Crippen LogP) is 0.730. The number of carbonyl (C=O) groups is 1. The molecule has 0 radical (unpaired) electrons. The SMILES string of the molecule is CC(C(=O)NCCn1ccnn1)C(N)c1ccccc1. The van der Waals surface area contributed by atoms with E-state index in [9.17, 15) is 4.79 Å². The molecule has 0 aliphatic heterocycles. The van der Waals surface area contributed by atoms with Crippen molar-refractivity contribution in [2.75, 3.05) is 6.54 Å². The van der Waals surface area contributed by atoms with E-state index >= 15 is 0 Å². The molecular formula is C14H19N5O. The van der Waals surface area contributed by atoms with Gasteiger partial charge in [0.05, 0.1) is 18.7 Å². The minimum Gasteiger partial charge on any atom is -0.354 e. The number of carbonyl (C=O) groups excluding carboxylic acids is 1. The van der Waals surface area contributed by atoms with Gasteiger partial charge in [-0.05, 0) is 5.56 Å². The van der Waals surface area contributed by atoms with Gasteiger partial charge >= 0.3 is 0 Å². The summed E-state index contributed by atoms with van der Waals surface area (Å²) in [5, 5.41) is 10.4. The quantitative estimate of drug-likeness (QED) is 0.812. The summed E-state index contributed by atoms with van der Waals surface area (Å²) in [4.78, 5) is 12.0. The highest BCUT2D eigenvalue weighted by Crippen LogP contribution is 2.18. The van der Waals surface area contributed by atoms with Crippen LogP contribution in [0.2, 0.25) is 0 Å². The summed E-state index contributed by atoms with van der Waals surface area (Å²) in [7, 11) is 0. The number of nitrogens with zero attached hydrogens (tertiary/aromatic N) is 3. The lowest BCUT2D eigenvalue weighted by Gasteiger charge is -2.19. The maximum Gasteiger partial charge on any atom is 0.224 e. The standard InChI is InChI=1S/C14H19N5O/c1-11(13(15)12-5-3-2-4-6-12)14(20)16-7-9-19-10-8-17-18-19/h2-6,8,10-11,13H,7,9,15H2,1H3,(H,16,20). The second-order valence-corrected chi connectivity index (χ2v) is 4.68. The van der Waals surface area contributed by atoms with E-state index in [1.165, 1.54) is 0 Å². The third-order valence-electron chi connectivity index (χ3n) is 3.25. The Morgan fingerprint density at radius 3 is 2.80 bits per heavy atom. The molecule has 0 saturated heterocycles. The molecule has 2 atom stereocenters. The second kappa shape index (κ2) is 6.81. The zero-order valence-electron chi connectivity index (χ0n) is 11.4. The summed E-state index contributed by atoms with van der Waals surface area (Å²) >= 11 is 0. The zero-order valence-corrected chi connectivity index (χ0v) is 11.4. The van der Waals surface area contributed by atoms with Crippen LogP contribution in [0.4, 0.5) is 0 Å². The molecule has 1 amide bonds. The van der Waals surface area contributed by atoms with Crippen LogP contribution in [-0.4, -0.2) is 27.4 Å². The molecule has 2 unspecified atom stereocenters. The van der Waals surface area contributed by atoms with E-state index in [1.807, 2.05) is 37.3 Å². The van der Waals surface area contributed by atoms with E-state index < -0.39 is 0 Å². The smallest absolute Gasteiger partial charge is 0.224 e. The molecule has 1 aromatic carbocycles. The van der Waals surface area contributed by atoms with Crippen LogP contribution in [-0.2, 0) is 11.3 Å². The number of rotatable bonds is 6. The van der Waals surface area contributed by atoms with Crippen LogP contribution in [0.15, 0.2) is 42.7 Å². The van der Waals surface area contributed by atoms with Gasteiger partial charge in [-0.2, -0.15) is 0 Å². The van der Waals surface area contributed by atoms with E-state index in [0.29, 0.717) is 13.1 Å². The van der Waals surface area contributed by atoms with Crippen molar-refractivity contribution in [2.45, 2.75) is 19.5 Å². The number of nitrogens with two attached hydrogens (primary N) is 1. The molecule has 3 N–H and O–H groups in total. The topological polar surface area (TPSA) is 85.8 Å². The summed E-state index contributed by atoms with van der Waals surface area (Å²) in [6.45, 7) is 2.94. The van der Waals surface area contributed by atoms with Crippen LogP contribution in [0.25, 0.3) is 0 Å². The van der Waals surface area contributed by atoms with Crippen molar-refractivity contribution in [2.24, 2.45) is 11.7 Å². The summed E-state index contributed by atoms with van der Waals surface area (Å²) in [6.07, 6.45) is 3.36. The first-order chi connectivity index (χ1) is 9.68. The van der Waals surface area contributed by atoms with Crippen molar-refractivity contribution in [3.05, 3.63) is 48.3 Å². The lowest BCUT2D eigenvalue weighted by atomic mass is 9.95. The van der Waals surface area contributed by atoms with E-state index in [0.717, 1.165) is 5.56 Å². The molecule has 0 aliphatic carbocycles. The van der Waals surface area contributed by atoms with Crippen LogP contribution in [0.3, 0.4) is 0 Å². The first-order valence-corrected chi connectivity index (χ1v) is 6.61. The summed E-state index contributed by atoms with van der Waals surface area (Å²) in [5.74, 6) is -0.338. The van der Waals surface area contributed by atoms with Gasteiger partial charge in [-0.15, -0.1) is 5.10 Å². The third kappa shape index (κ3) is 3.64. The number of aromatic nitrogens is 3. The molecule has 2 aromatic rings. The lowest BCUT2D eigenvalue weighted by Crippen LogP contribution is -2.37. The Labute approximate surface area is 118 Å². The molecular weight excluding hydrogens is 254 g/mol. The fourth-order valence-corrected chi connectivity index (χ4v) is 1.93. The highest BCUT2D eigenvalue weighted by molar-refractivity contribution is 5.79. The summed E-state index contributed by atoms with van der Waals surface area (Å²) < 4.78 is 1.67. The van der Waals surface area contributed by atoms with Gasteiger partial charge in [0, 0.05) is 18.8 Å². The Morgan fingerprint density at radius 1 is 1.40 bits per heavy atom. The third-order valence-corrected chi connectivity index (χ3v) is 3.25. The maximum atomic E-state index is 12.0. The van der Waals surface area contributed by atoms with Crippen LogP contribution in [0.1, 0.15) is 18.5 Å². The second-order valence-electron chi connectivity index (χ2n) is 4.68. The van der Waals surface area contributed by atoms with E-state index in [-0.39, 0.29) is 17.9 Å². The molecule has 0 saturated carbocycles. The Kier molecular flexibility index (Phi) is 4.84. The number of amides is 1. The predicted molar refractivity (Wildman–Crippen MR) is 75.6 cm³/mol. The lowest BCUT2D eigenvalue weighted by molar-refractivity contribution is -0.125. The van der Waals surface area contributed by atoms with Gasteiger partial charge in [-0.3, -0.25) is 9.48 Å². The minimum atomic E-state index is -0.303. The normalized spacial score (nSPS) is 13.7. The van der Waals surface area contributed by atoms with Crippen LogP contribution >= 0.6 is 0 Å². The highest BCUT2D eigenvalue weighted by atomic mass is 16.1. The fourth-order valence-electron chi connectivity index (χ4n) is 1.93. The summed E-state index contributed by atoms with van der Waals surface area (Å²) in [6, 6.07) is 9.34. The molecule has 0 spiro atoms. The van der Waals surface area contributed by atoms with E-state index in [4.69, 9.17) is 5.73 Å². The average Bonchev–Trinajstić information content (AvgIpc) is 2.99. The molecule has 20 heavy (non-hydrogen) atoms. The van der Waals surface area contributed by atoms with Crippen molar-refractivity contribution in [1.82, 2.24) is 20.3 Å². The monoisotopic (exact) mass is 273 g/mol. The van der Waals surface area contributed by atoms with Gasteiger partial charge in [-0.1, -0.05) is 42.5 Å². The van der Waals surface area contributed by atoms with Gasteiger partial charge in [-0.25, -0.2) is 0 Å². The fraction of sp³-hybridized carbons (Fsp3) is 0.357. The summed E-state index contributed by atoms with van der Waals surface area (Å²) in [5.41, 5.74) is 7.08. The zero-order chi connectivity index (χ0) is 14.4. The van der Waals surface area contributed by atoms with Crippen molar-refractivity contribution in [3.63, 3.8) is 0 Å². The Balaban J connectivity index is 1.82. The molecule has 1 aromatic heterocycles. The maximum absolute atomic E-state index is 12.0. The van der Waals surface area contributed by atoms with Crippen LogP contribution < -0.4 is 11.1 Å². The van der Waals surface area contributed by atoms with E-state index in [2.05, 4.69) is 15.6 Å². The Morgan fingerprint density at radius 2 is 2.15 bits per heavy atom. The molecule has 2 rings (SSSR count). The Bertz CT molecular complexity index is 526. The van der Waals surface area contributed by atoms with Gasteiger partial charge in [0.1, 0.15) is 0 Å². The molecule has 0 aliphatic rings. The van der Waals surface area contributed by atoms with Crippen molar-refractivity contribution < 1.29 is 4.79 Å². The molecule has 106 valence electrons. The molecule has 0 fully saturated rings. The number of benzene rings is 1. The van der Waals surface area contributed by atoms with Crippen LogP contribution in [0.5, 0.6) is 0 Å². The highest BCUT2D eigenvalue weighted by Gasteiger charge is 2.21. The van der Waals surface area contributed by atoms with Gasteiger partial charge in [0.15, 0.2) is 0 Å². The molecule has 1 heterocycles. The molecule has 6 heteroatoms. The van der Waals surface area contributed by atoms with Crippen molar-refractivity contribution in [1.29, 1.82) is 0 Å². The van der Waals surface area contributed by atoms with Crippen molar-refractivity contribution >= 4 is 5.91 Å². The molecule has 6 nitrogen and oxygen atoms in total.